The lowest BCUT2D eigenvalue weighted by atomic mass is 10.2. The molecule has 3 rings (SSSR count). The van der Waals surface area contributed by atoms with Gasteiger partial charge < -0.3 is 15.4 Å². The molecule has 1 aliphatic heterocycles. The zero-order valence-electron chi connectivity index (χ0n) is 16.2. The van der Waals surface area contributed by atoms with Crippen molar-refractivity contribution in [3.8, 4) is 5.75 Å². The number of hydrogen-bond acceptors (Lipinski definition) is 6. The number of methoxy groups -OCH3 is 1. The molecule has 2 aromatic rings. The zero-order valence-corrected chi connectivity index (χ0v) is 16.2. The number of amides is 6. The summed E-state index contributed by atoms with van der Waals surface area (Å²) in [5.74, 6) is -2.59. The van der Waals surface area contributed by atoms with Crippen molar-refractivity contribution in [2.24, 2.45) is 0 Å². The van der Waals surface area contributed by atoms with Crippen molar-refractivity contribution in [2.45, 2.75) is 6.92 Å². The van der Waals surface area contributed by atoms with Crippen molar-refractivity contribution in [3.05, 3.63) is 48.5 Å². The highest BCUT2D eigenvalue weighted by Gasteiger charge is 2.46. The van der Waals surface area contributed by atoms with Crippen LogP contribution in [0.4, 0.5) is 21.9 Å². The molecular formula is C20H18N4O6. The van der Waals surface area contributed by atoms with E-state index < -0.39 is 30.3 Å². The Morgan fingerprint density at radius 1 is 0.933 bits per heavy atom. The maximum Gasteiger partial charge on any atom is 0.339 e. The first-order valence-electron chi connectivity index (χ1n) is 8.81. The van der Waals surface area contributed by atoms with E-state index in [1.807, 2.05) is 0 Å². The molecule has 154 valence electrons. The van der Waals surface area contributed by atoms with Crippen LogP contribution in [0.5, 0.6) is 5.75 Å². The Morgan fingerprint density at radius 2 is 1.57 bits per heavy atom. The van der Waals surface area contributed by atoms with E-state index >= 15 is 0 Å². The van der Waals surface area contributed by atoms with Gasteiger partial charge in [-0.25, -0.2) is 14.6 Å². The zero-order chi connectivity index (χ0) is 21.8. The Balaban J connectivity index is 1.71. The normalized spacial score (nSPS) is 13.5. The SMILES string of the molecule is COc1ccc(N2C(=O)C(=O)N(CC(=O)Nc3cccc(NC(C)=O)c3)C2=O)cc1. The lowest BCUT2D eigenvalue weighted by Crippen LogP contribution is -2.39. The molecule has 0 bridgehead atoms. The third-order valence-corrected chi connectivity index (χ3v) is 4.15. The molecule has 0 saturated carbocycles. The topological polar surface area (TPSA) is 125 Å². The summed E-state index contributed by atoms with van der Waals surface area (Å²) in [5.41, 5.74) is 1.00. The molecule has 10 heteroatoms. The Kier molecular flexibility index (Phi) is 5.77. The van der Waals surface area contributed by atoms with E-state index in [0.717, 1.165) is 0 Å². The van der Waals surface area contributed by atoms with Crippen LogP contribution in [0.25, 0.3) is 0 Å². The predicted molar refractivity (Wildman–Crippen MR) is 107 cm³/mol. The van der Waals surface area contributed by atoms with Crippen LogP contribution in [0.1, 0.15) is 6.92 Å². The van der Waals surface area contributed by atoms with Gasteiger partial charge in [0.05, 0.1) is 12.8 Å². The molecule has 1 saturated heterocycles. The second-order valence-corrected chi connectivity index (χ2v) is 6.32. The third-order valence-electron chi connectivity index (χ3n) is 4.15. The van der Waals surface area contributed by atoms with Gasteiger partial charge in [0.2, 0.25) is 11.8 Å². The molecule has 1 fully saturated rings. The van der Waals surface area contributed by atoms with E-state index in [0.29, 0.717) is 26.9 Å². The fourth-order valence-corrected chi connectivity index (χ4v) is 2.83. The van der Waals surface area contributed by atoms with Crippen molar-refractivity contribution in [1.82, 2.24) is 4.90 Å². The molecule has 0 unspecified atom stereocenters. The molecule has 0 spiro atoms. The van der Waals surface area contributed by atoms with E-state index in [1.165, 1.54) is 44.4 Å². The van der Waals surface area contributed by atoms with Crippen LogP contribution in [-0.4, -0.2) is 48.2 Å². The summed E-state index contributed by atoms with van der Waals surface area (Å²) in [7, 11) is 1.47. The maximum absolute atomic E-state index is 12.6. The summed E-state index contributed by atoms with van der Waals surface area (Å²) in [6, 6.07) is 11.4. The van der Waals surface area contributed by atoms with Crippen LogP contribution in [0.2, 0.25) is 0 Å². The monoisotopic (exact) mass is 410 g/mol. The fraction of sp³-hybridized carbons (Fsp3) is 0.150. The second-order valence-electron chi connectivity index (χ2n) is 6.32. The molecule has 0 radical (unpaired) electrons. The van der Waals surface area contributed by atoms with E-state index in [2.05, 4.69) is 10.6 Å². The first-order chi connectivity index (χ1) is 14.3. The van der Waals surface area contributed by atoms with Gasteiger partial charge in [-0.3, -0.25) is 19.2 Å². The van der Waals surface area contributed by atoms with Gasteiger partial charge in [-0.1, -0.05) is 6.07 Å². The van der Waals surface area contributed by atoms with Crippen molar-refractivity contribution in [2.75, 3.05) is 29.2 Å². The molecular weight excluding hydrogens is 392 g/mol. The number of anilines is 3. The van der Waals surface area contributed by atoms with Crippen molar-refractivity contribution < 1.29 is 28.7 Å². The molecule has 30 heavy (non-hydrogen) atoms. The largest absolute Gasteiger partial charge is 0.497 e. The smallest absolute Gasteiger partial charge is 0.339 e. The molecule has 1 aliphatic rings. The van der Waals surface area contributed by atoms with Gasteiger partial charge in [0, 0.05) is 18.3 Å². The fourth-order valence-electron chi connectivity index (χ4n) is 2.83. The van der Waals surface area contributed by atoms with Crippen LogP contribution < -0.4 is 20.3 Å². The van der Waals surface area contributed by atoms with Crippen LogP contribution in [-0.2, 0) is 19.2 Å². The number of ether oxygens (including phenoxy) is 1. The van der Waals surface area contributed by atoms with Crippen LogP contribution in [0.15, 0.2) is 48.5 Å². The minimum atomic E-state index is -1.10. The Hall–Kier alpha value is -4.21. The van der Waals surface area contributed by atoms with Crippen molar-refractivity contribution in [3.63, 3.8) is 0 Å². The average molecular weight is 410 g/mol. The van der Waals surface area contributed by atoms with Gasteiger partial charge in [0.15, 0.2) is 0 Å². The number of nitrogens with one attached hydrogen (secondary N) is 2. The van der Waals surface area contributed by atoms with Gasteiger partial charge in [0.25, 0.3) is 0 Å². The number of carbonyl (C=O) groups is 5. The number of rotatable bonds is 6. The maximum atomic E-state index is 12.6. The summed E-state index contributed by atoms with van der Waals surface area (Å²) in [6.07, 6.45) is 0. The molecule has 0 atom stereocenters. The van der Waals surface area contributed by atoms with Crippen molar-refractivity contribution >= 4 is 46.7 Å². The highest BCUT2D eigenvalue weighted by Crippen LogP contribution is 2.24. The van der Waals surface area contributed by atoms with Crippen LogP contribution >= 0.6 is 0 Å². The van der Waals surface area contributed by atoms with Crippen LogP contribution in [0.3, 0.4) is 0 Å². The average Bonchev–Trinajstić information content (AvgIpc) is 2.91. The van der Waals surface area contributed by atoms with Gasteiger partial charge in [-0.05, 0) is 42.5 Å². The summed E-state index contributed by atoms with van der Waals surface area (Å²) >= 11 is 0. The lowest BCUT2D eigenvalue weighted by Gasteiger charge is -2.16. The molecule has 6 amide bonds. The molecule has 10 nitrogen and oxygen atoms in total. The minimum absolute atomic E-state index is 0.185. The van der Waals surface area contributed by atoms with E-state index in [1.54, 1.807) is 18.2 Å². The van der Waals surface area contributed by atoms with Gasteiger partial charge >= 0.3 is 17.8 Å². The number of nitrogens with zero attached hydrogens (tertiary/aromatic N) is 2. The molecule has 0 aliphatic carbocycles. The van der Waals surface area contributed by atoms with Gasteiger partial charge in [-0.15, -0.1) is 0 Å². The minimum Gasteiger partial charge on any atom is -0.497 e. The summed E-state index contributed by atoms with van der Waals surface area (Å²) in [4.78, 5) is 61.9. The molecule has 2 N–H and O–H groups in total. The number of carbonyl (C=O) groups excluding carboxylic acids is 5. The first-order valence-corrected chi connectivity index (χ1v) is 8.81. The highest BCUT2D eigenvalue weighted by molar-refractivity contribution is 6.53. The van der Waals surface area contributed by atoms with E-state index in [4.69, 9.17) is 4.74 Å². The number of imide groups is 2. The quantitative estimate of drug-likeness (QED) is 0.550. The predicted octanol–water partition coefficient (Wildman–Crippen LogP) is 1.59. The van der Waals surface area contributed by atoms with E-state index in [9.17, 15) is 24.0 Å². The molecule has 1 heterocycles. The van der Waals surface area contributed by atoms with Gasteiger partial charge in [-0.2, -0.15) is 0 Å². The molecule has 0 aromatic heterocycles. The number of benzene rings is 2. The Labute approximate surface area is 171 Å². The Morgan fingerprint density at radius 3 is 2.17 bits per heavy atom. The van der Waals surface area contributed by atoms with Gasteiger partial charge in [0.1, 0.15) is 12.3 Å². The van der Waals surface area contributed by atoms with E-state index in [-0.39, 0.29) is 11.6 Å². The highest BCUT2D eigenvalue weighted by atomic mass is 16.5. The second kappa shape index (κ2) is 8.43. The number of hydrogen-bond donors (Lipinski definition) is 2. The summed E-state index contributed by atoms with van der Waals surface area (Å²) in [6.45, 7) is 0.710. The standard InChI is InChI=1S/C20H18N4O6/c1-12(25)21-13-4-3-5-14(10-13)22-17(26)11-23-18(27)19(28)24(20(23)29)15-6-8-16(30-2)9-7-15/h3-10H,11H2,1-2H3,(H,21,25)(H,22,26). The number of urea groups is 1. The third kappa shape index (κ3) is 4.27. The summed E-state index contributed by atoms with van der Waals surface area (Å²) < 4.78 is 5.02. The first kappa shape index (κ1) is 20.5. The van der Waals surface area contributed by atoms with Crippen LogP contribution in [0, 0.1) is 0 Å². The van der Waals surface area contributed by atoms with Crippen molar-refractivity contribution in [1.29, 1.82) is 0 Å². The Bertz CT molecular complexity index is 1030. The summed E-state index contributed by atoms with van der Waals surface area (Å²) in [5, 5.41) is 5.10. The lowest BCUT2D eigenvalue weighted by molar-refractivity contribution is -0.140. The molecule has 2 aromatic carbocycles.